The Labute approximate surface area is 210 Å². The van der Waals surface area contributed by atoms with Crippen LogP contribution in [0.25, 0.3) is 0 Å². The molecular weight excluding hydrogens is 464 g/mol. The van der Waals surface area contributed by atoms with E-state index in [-0.39, 0.29) is 30.2 Å². The smallest absolute Gasteiger partial charge is 0.290 e. The molecule has 186 valence electrons. The van der Waals surface area contributed by atoms with E-state index in [0.29, 0.717) is 37.1 Å². The second-order valence-electron chi connectivity index (χ2n) is 9.00. The lowest BCUT2D eigenvalue weighted by atomic mass is 10.00. The molecule has 2 amide bonds. The molecule has 0 bridgehead atoms. The molecule has 2 aromatic heterocycles. The van der Waals surface area contributed by atoms with Gasteiger partial charge in [-0.3, -0.25) is 9.59 Å². The first-order valence-electron chi connectivity index (χ1n) is 11.9. The third kappa shape index (κ3) is 5.88. The van der Waals surface area contributed by atoms with Crippen molar-refractivity contribution in [2.45, 2.75) is 32.7 Å². The van der Waals surface area contributed by atoms with Crippen molar-refractivity contribution in [1.29, 1.82) is 0 Å². The van der Waals surface area contributed by atoms with Crippen LogP contribution in [0, 0.1) is 5.92 Å². The highest BCUT2D eigenvalue weighted by Gasteiger charge is 2.34. The molecule has 1 aliphatic heterocycles. The number of methoxy groups -OCH3 is 1. The molecular formula is C27H32N2O5S. The molecule has 0 radical (unpaired) electrons. The SMILES string of the molecule is COc1ccccc1OCC1c2ccsc2CCN1C(=O)CN(CCC(C)C)C(=O)c1ccco1. The Hall–Kier alpha value is -3.26. The van der Waals surface area contributed by atoms with Crippen LogP contribution >= 0.6 is 11.3 Å². The molecule has 0 saturated carbocycles. The van der Waals surface area contributed by atoms with Crippen LogP contribution in [0.4, 0.5) is 0 Å². The van der Waals surface area contributed by atoms with Crippen LogP contribution in [0.5, 0.6) is 11.5 Å². The van der Waals surface area contributed by atoms with Crippen LogP contribution in [0.3, 0.4) is 0 Å². The van der Waals surface area contributed by atoms with Crippen molar-refractivity contribution >= 4 is 23.2 Å². The topological polar surface area (TPSA) is 72.2 Å². The van der Waals surface area contributed by atoms with Gasteiger partial charge in [0.15, 0.2) is 17.3 Å². The molecule has 1 atom stereocenters. The highest BCUT2D eigenvalue weighted by atomic mass is 32.1. The van der Waals surface area contributed by atoms with Gasteiger partial charge < -0.3 is 23.7 Å². The number of fused-ring (bicyclic) bond motifs is 1. The number of amides is 2. The van der Waals surface area contributed by atoms with E-state index in [9.17, 15) is 9.59 Å². The minimum atomic E-state index is -0.265. The first-order chi connectivity index (χ1) is 17.0. The van der Waals surface area contributed by atoms with Gasteiger partial charge >= 0.3 is 0 Å². The number of thiophene rings is 1. The van der Waals surface area contributed by atoms with E-state index >= 15 is 0 Å². The minimum Gasteiger partial charge on any atom is -0.493 e. The van der Waals surface area contributed by atoms with E-state index in [4.69, 9.17) is 13.9 Å². The fourth-order valence-electron chi connectivity index (χ4n) is 4.26. The Morgan fingerprint density at radius 2 is 1.97 bits per heavy atom. The summed E-state index contributed by atoms with van der Waals surface area (Å²) in [6.45, 7) is 5.57. The summed E-state index contributed by atoms with van der Waals surface area (Å²) in [6, 6.07) is 12.6. The van der Waals surface area contributed by atoms with Gasteiger partial charge in [-0.15, -0.1) is 11.3 Å². The molecule has 4 rings (SSSR count). The normalized spacial score (nSPS) is 15.1. The van der Waals surface area contributed by atoms with Gasteiger partial charge in [0, 0.05) is 18.0 Å². The molecule has 8 heteroatoms. The van der Waals surface area contributed by atoms with Crippen LogP contribution in [0.2, 0.25) is 0 Å². The number of hydrogen-bond acceptors (Lipinski definition) is 6. The van der Waals surface area contributed by atoms with E-state index in [1.807, 2.05) is 29.2 Å². The average Bonchev–Trinajstić information content (AvgIpc) is 3.57. The zero-order valence-electron chi connectivity index (χ0n) is 20.4. The number of hydrogen-bond donors (Lipinski definition) is 0. The molecule has 0 saturated heterocycles. The number of ether oxygens (including phenoxy) is 2. The molecule has 1 aliphatic rings. The van der Waals surface area contributed by atoms with Gasteiger partial charge in [-0.2, -0.15) is 0 Å². The highest BCUT2D eigenvalue weighted by molar-refractivity contribution is 7.10. The lowest BCUT2D eigenvalue weighted by Gasteiger charge is -2.37. The maximum absolute atomic E-state index is 13.6. The summed E-state index contributed by atoms with van der Waals surface area (Å²) in [7, 11) is 1.61. The number of para-hydroxylation sites is 2. The number of rotatable bonds is 10. The van der Waals surface area contributed by atoms with Crippen molar-refractivity contribution < 1.29 is 23.5 Å². The van der Waals surface area contributed by atoms with Crippen LogP contribution < -0.4 is 9.47 Å². The fraction of sp³-hybridized carbons (Fsp3) is 0.407. The molecule has 3 aromatic rings. The van der Waals surface area contributed by atoms with Crippen molar-refractivity contribution in [1.82, 2.24) is 9.80 Å². The first kappa shape index (κ1) is 24.9. The molecule has 0 spiro atoms. The van der Waals surface area contributed by atoms with Gasteiger partial charge in [-0.05, 0) is 60.0 Å². The largest absolute Gasteiger partial charge is 0.493 e. The molecule has 35 heavy (non-hydrogen) atoms. The second-order valence-corrected chi connectivity index (χ2v) is 10.0. The summed E-state index contributed by atoms with van der Waals surface area (Å²) in [5.74, 6) is 1.57. The van der Waals surface area contributed by atoms with Gasteiger partial charge in [0.05, 0.1) is 19.4 Å². The Morgan fingerprint density at radius 1 is 1.17 bits per heavy atom. The summed E-state index contributed by atoms with van der Waals surface area (Å²) in [5.41, 5.74) is 1.11. The zero-order chi connectivity index (χ0) is 24.8. The monoisotopic (exact) mass is 496 g/mol. The predicted molar refractivity (Wildman–Crippen MR) is 135 cm³/mol. The van der Waals surface area contributed by atoms with Crippen molar-refractivity contribution in [3.63, 3.8) is 0 Å². The molecule has 0 N–H and O–H groups in total. The minimum absolute atomic E-state index is 0.00309. The summed E-state index contributed by atoms with van der Waals surface area (Å²) >= 11 is 1.71. The number of nitrogens with zero attached hydrogens (tertiary/aromatic N) is 2. The quantitative estimate of drug-likeness (QED) is 0.393. The van der Waals surface area contributed by atoms with Crippen LogP contribution in [0.1, 0.15) is 47.3 Å². The van der Waals surface area contributed by atoms with Gasteiger partial charge in [0.1, 0.15) is 13.2 Å². The van der Waals surface area contributed by atoms with Crippen LogP contribution in [-0.4, -0.2) is 55.0 Å². The highest BCUT2D eigenvalue weighted by Crippen LogP contribution is 2.35. The Balaban J connectivity index is 1.53. The number of carbonyl (C=O) groups is 2. The summed E-state index contributed by atoms with van der Waals surface area (Å²) in [6.07, 6.45) is 3.07. The molecule has 7 nitrogen and oxygen atoms in total. The Morgan fingerprint density at radius 3 is 2.69 bits per heavy atom. The fourth-order valence-corrected chi connectivity index (χ4v) is 5.19. The van der Waals surface area contributed by atoms with E-state index in [1.54, 1.807) is 35.5 Å². The lowest BCUT2D eigenvalue weighted by molar-refractivity contribution is -0.135. The van der Waals surface area contributed by atoms with Crippen LogP contribution in [0.15, 0.2) is 58.5 Å². The van der Waals surface area contributed by atoms with Crippen LogP contribution in [-0.2, 0) is 11.2 Å². The van der Waals surface area contributed by atoms with E-state index in [1.165, 1.54) is 11.1 Å². The third-order valence-electron chi connectivity index (χ3n) is 6.20. The molecule has 1 aromatic carbocycles. The summed E-state index contributed by atoms with van der Waals surface area (Å²) in [4.78, 5) is 31.4. The molecule has 0 aliphatic carbocycles. The lowest BCUT2D eigenvalue weighted by Crippen LogP contribution is -2.48. The summed E-state index contributed by atoms with van der Waals surface area (Å²) < 4.78 is 16.9. The molecule has 1 unspecified atom stereocenters. The van der Waals surface area contributed by atoms with E-state index < -0.39 is 0 Å². The van der Waals surface area contributed by atoms with Crippen molar-refractivity contribution in [2.24, 2.45) is 5.92 Å². The summed E-state index contributed by atoms with van der Waals surface area (Å²) in [5, 5.41) is 2.06. The standard InChI is InChI=1S/C27H32N2O5S/c1-19(2)10-13-28(27(31)24-9-6-15-33-24)17-26(30)29-14-11-25-20(12-16-35-25)21(29)18-34-23-8-5-4-7-22(23)32-3/h4-9,12,15-16,19,21H,10-11,13-14,17-18H2,1-3H3. The first-order valence-corrected chi connectivity index (χ1v) is 12.8. The van der Waals surface area contributed by atoms with Gasteiger partial charge in [-0.1, -0.05) is 26.0 Å². The van der Waals surface area contributed by atoms with Gasteiger partial charge in [0.25, 0.3) is 5.91 Å². The average molecular weight is 497 g/mol. The second kappa shape index (κ2) is 11.4. The van der Waals surface area contributed by atoms with E-state index in [2.05, 4.69) is 25.3 Å². The van der Waals surface area contributed by atoms with Gasteiger partial charge in [0.2, 0.25) is 5.91 Å². The molecule has 0 fully saturated rings. The maximum Gasteiger partial charge on any atom is 0.290 e. The molecule has 3 heterocycles. The number of benzene rings is 1. The number of furan rings is 1. The van der Waals surface area contributed by atoms with Crippen molar-refractivity contribution in [3.8, 4) is 11.5 Å². The van der Waals surface area contributed by atoms with Gasteiger partial charge in [-0.25, -0.2) is 0 Å². The third-order valence-corrected chi connectivity index (χ3v) is 7.20. The van der Waals surface area contributed by atoms with Crippen molar-refractivity contribution in [3.05, 3.63) is 70.3 Å². The number of carbonyl (C=O) groups excluding carboxylic acids is 2. The Kier molecular flexibility index (Phi) is 8.13. The van der Waals surface area contributed by atoms with E-state index in [0.717, 1.165) is 18.4 Å². The zero-order valence-corrected chi connectivity index (χ0v) is 21.3. The predicted octanol–water partition coefficient (Wildman–Crippen LogP) is 5.04. The maximum atomic E-state index is 13.6. The van der Waals surface area contributed by atoms with Crippen molar-refractivity contribution in [2.75, 3.05) is 33.4 Å². The Bertz CT molecular complexity index is 1120.